The topological polar surface area (TPSA) is 77.3 Å². The molecule has 0 saturated heterocycles. The van der Waals surface area contributed by atoms with Crippen LogP contribution < -0.4 is 0 Å². The van der Waals surface area contributed by atoms with E-state index in [0.717, 1.165) is 0 Å². The minimum absolute atomic E-state index is 0.109. The Bertz CT molecular complexity index is 311. The number of rotatable bonds is 2. The first-order valence-electron chi connectivity index (χ1n) is 3.23. The highest BCUT2D eigenvalue weighted by Gasteiger charge is 2.09. The lowest BCUT2D eigenvalue weighted by atomic mass is 10.2. The Morgan fingerprint density at radius 1 is 1.31 bits per heavy atom. The summed E-state index contributed by atoms with van der Waals surface area (Å²) >= 11 is 0. The first-order chi connectivity index (χ1) is 6.25. The molecule has 0 saturated carbocycles. The molecule has 0 N–H and O–H groups in total. The molecule has 0 bridgehead atoms. The van der Waals surface area contributed by atoms with E-state index in [1.807, 2.05) is 6.79 Å². The van der Waals surface area contributed by atoms with Gasteiger partial charge in [0.25, 0.3) is 5.69 Å². The van der Waals surface area contributed by atoms with Gasteiger partial charge in [0, 0.05) is 6.07 Å². The van der Waals surface area contributed by atoms with Crippen molar-refractivity contribution in [1.29, 1.82) is 0 Å². The van der Waals surface area contributed by atoms with Crippen LogP contribution in [0.4, 0.5) is 5.69 Å². The fraction of sp³-hybridized carbons (Fsp3) is 0. The van der Waals surface area contributed by atoms with Crippen molar-refractivity contribution in [3.63, 3.8) is 0 Å². The second kappa shape index (κ2) is 5.59. The quantitative estimate of drug-likeness (QED) is 0.390. The highest BCUT2D eigenvalue weighted by atomic mass is 16.6. The number of benzene rings is 1. The molecule has 0 radical (unpaired) electrons. The van der Waals surface area contributed by atoms with Crippen LogP contribution in [0.1, 0.15) is 10.4 Å². The van der Waals surface area contributed by atoms with Gasteiger partial charge in [0.05, 0.1) is 10.5 Å². The third-order valence-electron chi connectivity index (χ3n) is 1.26. The molecule has 68 valence electrons. The van der Waals surface area contributed by atoms with Crippen molar-refractivity contribution >= 4 is 18.8 Å². The minimum Gasteiger partial charge on any atom is -0.307 e. The molecule has 0 fully saturated rings. The second-order valence-electron chi connectivity index (χ2n) is 1.93. The number of nitrogens with zero attached hydrogens (tertiary/aromatic N) is 1. The molecule has 0 aromatic heterocycles. The third-order valence-corrected chi connectivity index (χ3v) is 1.26. The first-order valence-corrected chi connectivity index (χ1v) is 3.23. The molecule has 0 heterocycles. The Morgan fingerprint density at radius 2 is 1.85 bits per heavy atom. The lowest BCUT2D eigenvalue weighted by Crippen LogP contribution is -1.92. The summed E-state index contributed by atoms with van der Waals surface area (Å²) in [6.45, 7) is 2.00. The average Bonchev–Trinajstić information content (AvgIpc) is 2.20. The zero-order valence-electron chi connectivity index (χ0n) is 6.67. The SMILES string of the molecule is C=O.O=Cc1ccccc1[N+](=O)[O-]. The molecule has 1 aromatic rings. The van der Waals surface area contributed by atoms with Gasteiger partial charge >= 0.3 is 0 Å². The van der Waals surface area contributed by atoms with Crippen LogP contribution >= 0.6 is 0 Å². The van der Waals surface area contributed by atoms with E-state index in [1.54, 1.807) is 6.07 Å². The maximum absolute atomic E-state index is 10.2. The van der Waals surface area contributed by atoms with Crippen LogP contribution in [-0.4, -0.2) is 18.0 Å². The van der Waals surface area contributed by atoms with E-state index in [9.17, 15) is 14.9 Å². The number of hydrogen-bond acceptors (Lipinski definition) is 4. The molecule has 5 heteroatoms. The largest absolute Gasteiger partial charge is 0.307 e. The molecule has 0 spiro atoms. The van der Waals surface area contributed by atoms with Crippen molar-refractivity contribution < 1.29 is 14.5 Å². The van der Waals surface area contributed by atoms with E-state index in [1.165, 1.54) is 18.2 Å². The van der Waals surface area contributed by atoms with Gasteiger partial charge in [0.1, 0.15) is 6.79 Å². The van der Waals surface area contributed by atoms with Crippen LogP contribution in [0.5, 0.6) is 0 Å². The molecule has 0 amide bonds. The summed E-state index contributed by atoms with van der Waals surface area (Å²) < 4.78 is 0. The number of nitro groups is 1. The summed E-state index contributed by atoms with van der Waals surface area (Å²) in [7, 11) is 0. The maximum atomic E-state index is 10.2. The Labute approximate surface area is 74.1 Å². The summed E-state index contributed by atoms with van der Waals surface area (Å²) in [5, 5.41) is 10.2. The molecule has 1 rings (SSSR count). The molecule has 0 aliphatic carbocycles. The second-order valence-corrected chi connectivity index (χ2v) is 1.93. The number of hydrogen-bond donors (Lipinski definition) is 0. The predicted octanol–water partition coefficient (Wildman–Crippen LogP) is 1.22. The smallest absolute Gasteiger partial charge is 0.279 e. The van der Waals surface area contributed by atoms with Crippen molar-refractivity contribution in [2.75, 3.05) is 0 Å². The van der Waals surface area contributed by atoms with E-state index in [4.69, 9.17) is 4.79 Å². The van der Waals surface area contributed by atoms with E-state index in [2.05, 4.69) is 0 Å². The third kappa shape index (κ3) is 2.82. The van der Waals surface area contributed by atoms with Crippen molar-refractivity contribution in [2.24, 2.45) is 0 Å². The fourth-order valence-corrected chi connectivity index (χ4v) is 0.753. The summed E-state index contributed by atoms with van der Waals surface area (Å²) in [6, 6.07) is 5.80. The summed E-state index contributed by atoms with van der Waals surface area (Å²) in [5.41, 5.74) is -0.0417. The number of carbonyl (C=O) groups is 2. The Morgan fingerprint density at radius 3 is 2.23 bits per heavy atom. The number of carbonyl (C=O) groups excluding carboxylic acids is 2. The molecule has 0 aliphatic heterocycles. The van der Waals surface area contributed by atoms with E-state index < -0.39 is 4.92 Å². The van der Waals surface area contributed by atoms with Gasteiger partial charge in [-0.05, 0) is 6.07 Å². The zero-order chi connectivity index (χ0) is 10.3. The summed E-state index contributed by atoms with van der Waals surface area (Å²) in [4.78, 5) is 27.9. The van der Waals surface area contributed by atoms with Crippen LogP contribution in [0.2, 0.25) is 0 Å². The van der Waals surface area contributed by atoms with Gasteiger partial charge in [-0.1, -0.05) is 12.1 Å². The molecule has 0 aliphatic rings. The first kappa shape index (κ1) is 11.0. The van der Waals surface area contributed by atoms with Gasteiger partial charge in [-0.15, -0.1) is 0 Å². The molecular formula is C8H7NO4. The normalized spacial score (nSPS) is 8.00. The average molecular weight is 181 g/mol. The van der Waals surface area contributed by atoms with Crippen molar-refractivity contribution in [2.45, 2.75) is 0 Å². The predicted molar refractivity (Wildman–Crippen MR) is 45.6 cm³/mol. The molecule has 1 aromatic carbocycles. The lowest BCUT2D eigenvalue weighted by molar-refractivity contribution is -0.385. The fourth-order valence-electron chi connectivity index (χ4n) is 0.753. The van der Waals surface area contributed by atoms with Crippen molar-refractivity contribution in [1.82, 2.24) is 0 Å². The molecule has 0 atom stereocenters. The molecule has 0 unspecified atom stereocenters. The van der Waals surface area contributed by atoms with Crippen LogP contribution in [0.3, 0.4) is 0 Å². The van der Waals surface area contributed by atoms with Gasteiger partial charge in [-0.25, -0.2) is 0 Å². The van der Waals surface area contributed by atoms with E-state index >= 15 is 0 Å². The van der Waals surface area contributed by atoms with Gasteiger partial charge in [-0.3, -0.25) is 14.9 Å². The Hall–Kier alpha value is -2.04. The van der Waals surface area contributed by atoms with Crippen LogP contribution in [0.25, 0.3) is 0 Å². The highest BCUT2D eigenvalue weighted by Crippen LogP contribution is 2.14. The Balaban J connectivity index is 0.000000671. The lowest BCUT2D eigenvalue weighted by Gasteiger charge is -1.91. The Kier molecular flexibility index (Phi) is 4.71. The highest BCUT2D eigenvalue weighted by molar-refractivity contribution is 5.81. The van der Waals surface area contributed by atoms with Crippen LogP contribution in [-0.2, 0) is 4.79 Å². The van der Waals surface area contributed by atoms with E-state index in [-0.39, 0.29) is 11.3 Å². The van der Waals surface area contributed by atoms with Crippen LogP contribution in [0.15, 0.2) is 24.3 Å². The standard InChI is InChI=1S/C7H5NO3.CH2O/c9-5-6-3-1-2-4-7(6)8(10)11;1-2/h1-5H;1H2. The van der Waals surface area contributed by atoms with Gasteiger partial charge in [0.2, 0.25) is 0 Å². The molecule has 13 heavy (non-hydrogen) atoms. The zero-order valence-corrected chi connectivity index (χ0v) is 6.67. The number of aldehydes is 1. The number of nitro benzene ring substituents is 1. The molecular weight excluding hydrogens is 174 g/mol. The maximum Gasteiger partial charge on any atom is 0.279 e. The summed E-state index contributed by atoms with van der Waals surface area (Å²) in [5.74, 6) is 0. The van der Waals surface area contributed by atoms with Crippen LogP contribution in [0, 0.1) is 10.1 Å². The monoisotopic (exact) mass is 181 g/mol. The van der Waals surface area contributed by atoms with Crippen molar-refractivity contribution in [3.05, 3.63) is 39.9 Å². The number of para-hydroxylation sites is 1. The minimum atomic E-state index is -0.580. The van der Waals surface area contributed by atoms with Gasteiger partial charge < -0.3 is 4.79 Å². The van der Waals surface area contributed by atoms with Crippen molar-refractivity contribution in [3.8, 4) is 0 Å². The van der Waals surface area contributed by atoms with Gasteiger partial charge in [-0.2, -0.15) is 0 Å². The summed E-state index contributed by atoms with van der Waals surface area (Å²) in [6.07, 6.45) is 0.470. The van der Waals surface area contributed by atoms with Gasteiger partial charge in [0.15, 0.2) is 6.29 Å². The van der Waals surface area contributed by atoms with E-state index in [0.29, 0.717) is 6.29 Å². The molecule has 5 nitrogen and oxygen atoms in total.